The average Bonchev–Trinajstić information content (AvgIpc) is 3.21. The van der Waals surface area contributed by atoms with Gasteiger partial charge in [0.2, 0.25) is 5.91 Å². The van der Waals surface area contributed by atoms with Crippen LogP contribution in [0.25, 0.3) is 5.52 Å². The molecule has 7 heteroatoms. The van der Waals surface area contributed by atoms with Crippen molar-refractivity contribution in [2.45, 2.75) is 18.9 Å². The maximum absolute atomic E-state index is 13.0. The second-order valence-corrected chi connectivity index (χ2v) is 6.95. The fourth-order valence-corrected chi connectivity index (χ4v) is 3.52. The molecule has 0 bridgehead atoms. The molecule has 1 aliphatic rings. The Hall–Kier alpha value is -3.32. The van der Waals surface area contributed by atoms with Crippen LogP contribution in [0.5, 0.6) is 11.5 Å². The molecule has 1 unspecified atom stereocenters. The Morgan fingerprint density at radius 1 is 1.25 bits per heavy atom. The summed E-state index contributed by atoms with van der Waals surface area (Å²) in [6.45, 7) is 1.80. The normalized spacial score (nSPS) is 18.9. The first-order valence-corrected chi connectivity index (χ1v) is 9.09. The molecule has 3 aromatic rings. The molecule has 1 atom stereocenters. The van der Waals surface area contributed by atoms with E-state index in [1.54, 1.807) is 10.6 Å². The van der Waals surface area contributed by atoms with Crippen molar-refractivity contribution in [2.75, 3.05) is 13.2 Å². The van der Waals surface area contributed by atoms with E-state index in [-0.39, 0.29) is 5.91 Å². The van der Waals surface area contributed by atoms with Crippen LogP contribution >= 0.6 is 0 Å². The first-order valence-electron chi connectivity index (χ1n) is 9.09. The molecule has 7 nitrogen and oxygen atoms in total. The van der Waals surface area contributed by atoms with Crippen LogP contribution in [-0.4, -0.2) is 40.0 Å². The molecular weight excluding hydrogens is 358 g/mol. The summed E-state index contributed by atoms with van der Waals surface area (Å²) < 4.78 is 7.60. The third kappa shape index (κ3) is 3.10. The highest BCUT2D eigenvalue weighted by atomic mass is 16.5. The van der Waals surface area contributed by atoms with Gasteiger partial charge in [0.05, 0.1) is 12.8 Å². The smallest absolute Gasteiger partial charge is 0.269 e. The van der Waals surface area contributed by atoms with E-state index in [4.69, 9.17) is 4.74 Å². The highest BCUT2D eigenvalue weighted by Crippen LogP contribution is 2.25. The van der Waals surface area contributed by atoms with Crippen LogP contribution in [0.1, 0.15) is 22.5 Å². The number of hydrogen-bond donors (Lipinski definition) is 3. The van der Waals surface area contributed by atoms with E-state index in [1.165, 1.54) is 0 Å². The summed E-state index contributed by atoms with van der Waals surface area (Å²) in [5.41, 5.74) is 0.713. The van der Waals surface area contributed by atoms with E-state index in [1.807, 2.05) is 55.5 Å². The van der Waals surface area contributed by atoms with Crippen molar-refractivity contribution in [3.63, 3.8) is 0 Å². The van der Waals surface area contributed by atoms with Crippen LogP contribution in [0.4, 0.5) is 0 Å². The number of aliphatic hydroxyl groups excluding tert-OH is 1. The molecule has 0 radical (unpaired) electrons. The molecule has 3 heterocycles. The summed E-state index contributed by atoms with van der Waals surface area (Å²) in [5.74, 6) is 0.493. The third-order valence-electron chi connectivity index (χ3n) is 5.02. The maximum atomic E-state index is 13.0. The van der Waals surface area contributed by atoms with Crippen LogP contribution in [0, 0.1) is 6.92 Å². The van der Waals surface area contributed by atoms with Gasteiger partial charge in [0, 0.05) is 12.1 Å². The lowest BCUT2D eigenvalue weighted by molar-refractivity contribution is -0.125. The Labute approximate surface area is 161 Å². The number of nitrogens with zero attached hydrogens (tertiary/aromatic N) is 1. The number of hydrogen-bond acceptors (Lipinski definition) is 4. The molecular formula is C21H21N3O4. The van der Waals surface area contributed by atoms with E-state index in [9.17, 15) is 14.7 Å². The van der Waals surface area contributed by atoms with E-state index in [2.05, 4.69) is 10.6 Å². The van der Waals surface area contributed by atoms with Gasteiger partial charge in [-0.1, -0.05) is 18.2 Å². The largest absolute Gasteiger partial charge is 0.456 e. The van der Waals surface area contributed by atoms with Crippen LogP contribution in [0.15, 0.2) is 54.7 Å². The Morgan fingerprint density at radius 2 is 2.04 bits per heavy atom. The SMILES string of the molecule is Cc1cc2ccc(Oc3ccccc3)cn2c1C(=O)NC1(CO)CCNC1=O. The zero-order chi connectivity index (χ0) is 19.7. The number of aromatic nitrogens is 1. The third-order valence-corrected chi connectivity index (χ3v) is 5.02. The maximum Gasteiger partial charge on any atom is 0.269 e. The number of carbonyl (C=O) groups excluding carboxylic acids is 2. The van der Waals surface area contributed by atoms with E-state index >= 15 is 0 Å². The Morgan fingerprint density at radius 3 is 2.71 bits per heavy atom. The van der Waals surface area contributed by atoms with Gasteiger partial charge < -0.3 is 24.9 Å². The quantitative estimate of drug-likeness (QED) is 0.632. The van der Waals surface area contributed by atoms with Gasteiger partial charge >= 0.3 is 0 Å². The fourth-order valence-electron chi connectivity index (χ4n) is 3.52. The van der Waals surface area contributed by atoms with Gasteiger partial charge in [-0.25, -0.2) is 0 Å². The lowest BCUT2D eigenvalue weighted by Crippen LogP contribution is -2.56. The molecule has 3 N–H and O–H groups in total. The van der Waals surface area contributed by atoms with Gasteiger partial charge in [0.25, 0.3) is 5.91 Å². The molecule has 1 aliphatic heterocycles. The Bertz CT molecular complexity index is 1040. The topological polar surface area (TPSA) is 92.1 Å². The molecule has 2 amide bonds. The van der Waals surface area contributed by atoms with Crippen molar-refractivity contribution < 1.29 is 19.4 Å². The zero-order valence-corrected chi connectivity index (χ0v) is 15.4. The number of fused-ring (bicyclic) bond motifs is 1. The monoisotopic (exact) mass is 379 g/mol. The van der Waals surface area contributed by atoms with Gasteiger partial charge in [0.1, 0.15) is 22.7 Å². The molecule has 0 aliphatic carbocycles. The lowest BCUT2D eigenvalue weighted by Gasteiger charge is -2.25. The van der Waals surface area contributed by atoms with Gasteiger partial charge in [0.15, 0.2) is 0 Å². The van der Waals surface area contributed by atoms with Crippen molar-refractivity contribution in [1.82, 2.24) is 15.0 Å². The van der Waals surface area contributed by atoms with E-state index in [0.717, 1.165) is 11.1 Å². The van der Waals surface area contributed by atoms with Crippen LogP contribution < -0.4 is 15.4 Å². The van der Waals surface area contributed by atoms with Crippen molar-refractivity contribution in [3.05, 3.63) is 66.0 Å². The molecule has 0 saturated carbocycles. The van der Waals surface area contributed by atoms with Crippen LogP contribution in [0.2, 0.25) is 0 Å². The number of rotatable bonds is 5. The van der Waals surface area contributed by atoms with Crippen LogP contribution in [0.3, 0.4) is 0 Å². The number of ether oxygens (including phenoxy) is 1. The van der Waals surface area contributed by atoms with Crippen molar-refractivity contribution in [2.24, 2.45) is 0 Å². The number of aliphatic hydroxyl groups is 1. The standard InChI is InChI=1S/C21H21N3O4/c1-14-11-15-7-8-17(28-16-5-3-2-4-6-16)12-24(15)18(14)19(26)23-21(13-25)9-10-22-20(21)27/h2-8,11-12,25H,9-10,13H2,1H3,(H,22,27)(H,23,26). The molecule has 2 aromatic heterocycles. The second-order valence-electron chi connectivity index (χ2n) is 6.95. The molecule has 0 spiro atoms. The summed E-state index contributed by atoms with van der Waals surface area (Å²) >= 11 is 0. The van der Waals surface area contributed by atoms with Gasteiger partial charge in [-0.05, 0) is 49.2 Å². The summed E-state index contributed by atoms with van der Waals surface area (Å²) in [7, 11) is 0. The molecule has 4 rings (SSSR count). The average molecular weight is 379 g/mol. The first-order chi connectivity index (χ1) is 13.5. The minimum atomic E-state index is -1.29. The van der Waals surface area contributed by atoms with Gasteiger partial charge in [-0.15, -0.1) is 0 Å². The minimum absolute atomic E-state index is 0.346. The summed E-state index contributed by atoms with van der Waals surface area (Å²) in [5, 5.41) is 15.1. The van der Waals surface area contributed by atoms with Crippen molar-refractivity contribution >= 4 is 17.3 Å². The summed E-state index contributed by atoms with van der Waals surface area (Å²) in [6, 6.07) is 15.0. The number of aryl methyl sites for hydroxylation is 1. The predicted molar refractivity (Wildman–Crippen MR) is 104 cm³/mol. The molecule has 144 valence electrons. The number of benzene rings is 1. The predicted octanol–water partition coefficient (Wildman–Crippen LogP) is 2.02. The van der Waals surface area contributed by atoms with Crippen molar-refractivity contribution in [3.8, 4) is 11.5 Å². The number of para-hydroxylation sites is 1. The zero-order valence-electron chi connectivity index (χ0n) is 15.4. The number of pyridine rings is 1. The number of amides is 2. The van der Waals surface area contributed by atoms with E-state index in [0.29, 0.717) is 30.2 Å². The molecule has 1 aromatic carbocycles. The second kappa shape index (κ2) is 7.01. The van der Waals surface area contributed by atoms with Crippen molar-refractivity contribution in [1.29, 1.82) is 0 Å². The summed E-state index contributed by atoms with van der Waals surface area (Å²) in [6.07, 6.45) is 2.09. The van der Waals surface area contributed by atoms with E-state index < -0.39 is 18.1 Å². The highest BCUT2D eigenvalue weighted by Gasteiger charge is 2.43. The number of carbonyl (C=O) groups is 2. The minimum Gasteiger partial charge on any atom is -0.456 e. The molecule has 28 heavy (non-hydrogen) atoms. The van der Waals surface area contributed by atoms with Gasteiger partial charge in [-0.2, -0.15) is 0 Å². The van der Waals surface area contributed by atoms with Crippen LogP contribution in [-0.2, 0) is 4.79 Å². The molecule has 1 fully saturated rings. The molecule has 1 saturated heterocycles. The lowest BCUT2D eigenvalue weighted by atomic mass is 9.98. The number of nitrogens with one attached hydrogen (secondary N) is 2. The fraction of sp³-hybridized carbons (Fsp3) is 0.238. The first kappa shape index (κ1) is 18.1. The highest BCUT2D eigenvalue weighted by molar-refractivity contribution is 6.01. The summed E-state index contributed by atoms with van der Waals surface area (Å²) in [4.78, 5) is 25.1. The van der Waals surface area contributed by atoms with Gasteiger partial charge in [-0.3, -0.25) is 9.59 Å². The Balaban J connectivity index is 1.68. The Kier molecular flexibility index (Phi) is 4.52.